The number of piperidine rings is 1. The van der Waals surface area contributed by atoms with Crippen LogP contribution in [0.15, 0.2) is 0 Å². The molecule has 0 aromatic rings. The van der Waals surface area contributed by atoms with Gasteiger partial charge < -0.3 is 4.90 Å². The largest absolute Gasteiger partial charge is 0.304 e. The van der Waals surface area contributed by atoms with Gasteiger partial charge in [-0.05, 0) is 108 Å². The zero-order valence-corrected chi connectivity index (χ0v) is 27.4. The smallest absolute Gasteiger partial charge is 0.0224 e. The van der Waals surface area contributed by atoms with Gasteiger partial charge in [0.2, 0.25) is 0 Å². The molecule has 5 heterocycles. The summed E-state index contributed by atoms with van der Waals surface area (Å²) in [6.45, 7) is 36.2. The van der Waals surface area contributed by atoms with Crippen LogP contribution in [0.25, 0.3) is 0 Å². The summed E-state index contributed by atoms with van der Waals surface area (Å²) in [4.78, 5) is 15.6. The van der Waals surface area contributed by atoms with Gasteiger partial charge in [-0.3, -0.25) is 24.5 Å². The number of likely N-dealkylation sites (N-methyl/N-ethyl adjacent to an activating group) is 1. The monoisotopic (exact) mass is 567 g/mol. The first kappa shape index (κ1) is 37.8. The Morgan fingerprint density at radius 3 is 1.23 bits per heavy atom. The molecule has 0 aromatic heterocycles. The lowest BCUT2D eigenvalue weighted by molar-refractivity contribution is 0.00573. The van der Waals surface area contributed by atoms with Gasteiger partial charge >= 0.3 is 0 Å². The van der Waals surface area contributed by atoms with E-state index in [9.17, 15) is 0 Å². The molecule has 6 heteroatoms. The average molecular weight is 567 g/mol. The van der Waals surface area contributed by atoms with E-state index in [0.717, 1.165) is 12.1 Å². The predicted molar refractivity (Wildman–Crippen MR) is 179 cm³/mol. The molecule has 40 heavy (non-hydrogen) atoms. The molecule has 5 aliphatic rings. The number of hydrogen-bond donors (Lipinski definition) is 0. The number of fused-ring (bicyclic) bond motifs is 2. The Morgan fingerprint density at radius 1 is 0.425 bits per heavy atom. The van der Waals surface area contributed by atoms with Crippen LogP contribution in [0, 0.1) is 0 Å². The van der Waals surface area contributed by atoms with Crippen molar-refractivity contribution >= 4 is 0 Å². The molecule has 5 saturated heterocycles. The Morgan fingerprint density at radius 2 is 0.800 bits per heavy atom. The molecule has 240 valence electrons. The zero-order valence-electron chi connectivity index (χ0n) is 27.4. The third-order valence-corrected chi connectivity index (χ3v) is 9.77. The van der Waals surface area contributed by atoms with Gasteiger partial charge in [-0.15, -0.1) is 0 Å². The Hall–Kier alpha value is -0.240. The van der Waals surface area contributed by atoms with Gasteiger partial charge in [0, 0.05) is 94.1 Å². The van der Waals surface area contributed by atoms with Crippen molar-refractivity contribution in [1.29, 1.82) is 0 Å². The van der Waals surface area contributed by atoms with Crippen molar-refractivity contribution in [2.75, 3.05) is 85.6 Å². The molecule has 6 nitrogen and oxygen atoms in total. The summed E-state index contributed by atoms with van der Waals surface area (Å²) < 4.78 is 0. The molecule has 0 amide bonds. The first-order valence-electron chi connectivity index (χ1n) is 16.1. The molecule has 5 fully saturated rings. The highest BCUT2D eigenvalue weighted by atomic mass is 15.3. The fraction of sp³-hybridized carbons (Fsp3) is 1.00. The summed E-state index contributed by atoms with van der Waals surface area (Å²) in [5.41, 5.74) is 1.10. The molecule has 0 saturated carbocycles. The average Bonchev–Trinajstić information content (AvgIpc) is 3.31. The molecule has 5 aliphatic heterocycles. The molecule has 0 aliphatic carbocycles. The van der Waals surface area contributed by atoms with Crippen LogP contribution in [-0.4, -0.2) is 144 Å². The topological polar surface area (TPSA) is 19.4 Å². The molecular weight excluding hydrogens is 492 g/mol. The van der Waals surface area contributed by atoms with E-state index in [-0.39, 0.29) is 14.9 Å². The summed E-state index contributed by atoms with van der Waals surface area (Å²) in [5.74, 6) is 0. The van der Waals surface area contributed by atoms with Crippen LogP contribution < -0.4 is 0 Å². The SMILES string of the molecule is C.C.CC(C)(C)N1CCN2CCCC2C1.CC(C)(C)N1CCN2CCCCC2C1.CN1CCN(C(C)(C)C)CC1. The van der Waals surface area contributed by atoms with Gasteiger partial charge in [0.05, 0.1) is 0 Å². The number of rotatable bonds is 0. The second-order valence-corrected chi connectivity index (χ2v) is 15.7. The summed E-state index contributed by atoms with van der Waals surface area (Å²) in [6, 6.07) is 1.73. The molecule has 5 rings (SSSR count). The third-order valence-electron chi connectivity index (χ3n) is 9.77. The maximum atomic E-state index is 2.70. The number of hydrogen-bond acceptors (Lipinski definition) is 6. The Labute approximate surface area is 252 Å². The van der Waals surface area contributed by atoms with Crippen LogP contribution in [0.1, 0.15) is 109 Å². The molecular formula is C34H74N6. The van der Waals surface area contributed by atoms with Crippen LogP contribution in [0.4, 0.5) is 0 Å². The van der Waals surface area contributed by atoms with Gasteiger partial charge in [0.1, 0.15) is 0 Å². The summed E-state index contributed by atoms with van der Waals surface area (Å²) in [6.07, 6.45) is 7.13. The van der Waals surface area contributed by atoms with E-state index in [2.05, 4.69) is 98.8 Å². The molecule has 0 N–H and O–H groups in total. The van der Waals surface area contributed by atoms with E-state index in [1.165, 1.54) is 111 Å². The standard InChI is InChI=1S/C12H24N2.C11H22N2.C9H20N2.2CH4/c1-12(2,3)14-9-8-13-7-5-4-6-11(13)10-14;1-11(2,3)13-8-7-12-6-4-5-10(12)9-13;1-9(2,3)11-7-5-10(4)6-8-11;;/h11H,4-10H2,1-3H3;10H,4-9H2,1-3H3;5-8H2,1-4H3;2*1H4. The minimum Gasteiger partial charge on any atom is -0.304 e. The number of piperazine rings is 3. The fourth-order valence-electron chi connectivity index (χ4n) is 6.84. The normalized spacial score (nSPS) is 28.1. The van der Waals surface area contributed by atoms with Crippen LogP contribution in [0.5, 0.6) is 0 Å². The van der Waals surface area contributed by atoms with Crippen molar-refractivity contribution in [1.82, 2.24) is 29.4 Å². The van der Waals surface area contributed by atoms with Crippen LogP contribution in [-0.2, 0) is 0 Å². The van der Waals surface area contributed by atoms with E-state index >= 15 is 0 Å². The second kappa shape index (κ2) is 16.0. The minimum absolute atomic E-state index is 0. The maximum Gasteiger partial charge on any atom is 0.0224 e. The summed E-state index contributed by atoms with van der Waals surface area (Å²) in [7, 11) is 2.19. The highest BCUT2D eigenvalue weighted by Gasteiger charge is 2.35. The minimum atomic E-state index is 0. The lowest BCUT2D eigenvalue weighted by atomic mass is 9.96. The number of nitrogens with zero attached hydrogens (tertiary/aromatic N) is 6. The lowest BCUT2D eigenvalue weighted by Gasteiger charge is -2.48. The van der Waals surface area contributed by atoms with E-state index in [1.807, 2.05) is 0 Å². The van der Waals surface area contributed by atoms with Crippen molar-refractivity contribution in [2.24, 2.45) is 0 Å². The second-order valence-electron chi connectivity index (χ2n) is 15.7. The van der Waals surface area contributed by atoms with E-state index < -0.39 is 0 Å². The molecule has 0 aromatic carbocycles. The summed E-state index contributed by atoms with van der Waals surface area (Å²) in [5, 5.41) is 0. The van der Waals surface area contributed by atoms with Crippen molar-refractivity contribution < 1.29 is 0 Å². The summed E-state index contributed by atoms with van der Waals surface area (Å²) >= 11 is 0. The maximum absolute atomic E-state index is 2.70. The van der Waals surface area contributed by atoms with Crippen molar-refractivity contribution in [2.45, 2.75) is 138 Å². The van der Waals surface area contributed by atoms with Gasteiger partial charge in [-0.1, -0.05) is 21.3 Å². The van der Waals surface area contributed by atoms with Crippen LogP contribution in [0.2, 0.25) is 0 Å². The van der Waals surface area contributed by atoms with E-state index in [0.29, 0.717) is 16.6 Å². The lowest BCUT2D eigenvalue weighted by Crippen LogP contribution is -2.59. The molecule has 0 radical (unpaired) electrons. The van der Waals surface area contributed by atoms with Gasteiger partial charge in [-0.25, -0.2) is 0 Å². The van der Waals surface area contributed by atoms with Crippen LogP contribution in [0.3, 0.4) is 0 Å². The Balaban J connectivity index is 0.000000295. The van der Waals surface area contributed by atoms with Crippen molar-refractivity contribution in [3.05, 3.63) is 0 Å². The molecule has 0 spiro atoms. The Bertz CT molecular complexity index is 682. The predicted octanol–water partition coefficient (Wildman–Crippen LogP) is 5.82. The zero-order chi connectivity index (χ0) is 28.1. The third kappa shape index (κ3) is 11.4. The van der Waals surface area contributed by atoms with Gasteiger partial charge in [0.25, 0.3) is 0 Å². The fourth-order valence-corrected chi connectivity index (χ4v) is 6.84. The molecule has 0 bridgehead atoms. The van der Waals surface area contributed by atoms with E-state index in [4.69, 9.17) is 0 Å². The molecule has 2 atom stereocenters. The van der Waals surface area contributed by atoms with E-state index in [1.54, 1.807) is 0 Å². The first-order valence-corrected chi connectivity index (χ1v) is 16.1. The van der Waals surface area contributed by atoms with Crippen molar-refractivity contribution in [3.63, 3.8) is 0 Å². The highest BCUT2D eigenvalue weighted by Crippen LogP contribution is 2.26. The van der Waals surface area contributed by atoms with Crippen molar-refractivity contribution in [3.8, 4) is 0 Å². The van der Waals surface area contributed by atoms with Crippen LogP contribution >= 0.6 is 0 Å². The quantitative estimate of drug-likeness (QED) is 0.365. The highest BCUT2D eigenvalue weighted by molar-refractivity contribution is 4.91. The van der Waals surface area contributed by atoms with Gasteiger partial charge in [0.15, 0.2) is 0 Å². The first-order chi connectivity index (χ1) is 17.6. The van der Waals surface area contributed by atoms with Gasteiger partial charge in [-0.2, -0.15) is 0 Å². The Kier molecular flexibility index (Phi) is 15.1. The molecule has 2 unspecified atom stereocenters.